The summed E-state index contributed by atoms with van der Waals surface area (Å²) in [6.45, 7) is 2.00. The SMILES string of the molecule is Cc1cc(C2(Oc3ccc(N)cn3)CC2)ccc1Cl. The topological polar surface area (TPSA) is 48.1 Å². The van der Waals surface area contributed by atoms with E-state index in [9.17, 15) is 0 Å². The number of halogens is 1. The van der Waals surface area contributed by atoms with E-state index in [1.807, 2.05) is 19.1 Å². The third kappa shape index (κ3) is 2.38. The number of pyridine rings is 1. The second kappa shape index (κ2) is 4.42. The summed E-state index contributed by atoms with van der Waals surface area (Å²) in [4.78, 5) is 4.20. The summed E-state index contributed by atoms with van der Waals surface area (Å²) >= 11 is 6.06. The maximum absolute atomic E-state index is 6.06. The van der Waals surface area contributed by atoms with Crippen molar-refractivity contribution in [1.29, 1.82) is 0 Å². The predicted molar refractivity (Wildman–Crippen MR) is 76.4 cm³/mol. The molecule has 0 aliphatic heterocycles. The number of aryl methyl sites for hydroxylation is 1. The van der Waals surface area contributed by atoms with Crippen molar-refractivity contribution in [2.24, 2.45) is 0 Å². The van der Waals surface area contributed by atoms with Gasteiger partial charge in [-0.3, -0.25) is 0 Å². The Hall–Kier alpha value is -1.74. The van der Waals surface area contributed by atoms with Gasteiger partial charge in [-0.1, -0.05) is 23.7 Å². The van der Waals surface area contributed by atoms with E-state index in [1.54, 1.807) is 18.3 Å². The van der Waals surface area contributed by atoms with Crippen LogP contribution in [0.5, 0.6) is 5.88 Å². The molecule has 2 aromatic rings. The molecule has 19 heavy (non-hydrogen) atoms. The van der Waals surface area contributed by atoms with E-state index in [0.29, 0.717) is 11.6 Å². The van der Waals surface area contributed by atoms with E-state index in [0.717, 1.165) is 29.0 Å². The highest BCUT2D eigenvalue weighted by molar-refractivity contribution is 6.31. The summed E-state index contributed by atoms with van der Waals surface area (Å²) in [5.41, 5.74) is 8.25. The summed E-state index contributed by atoms with van der Waals surface area (Å²) in [5.74, 6) is 0.610. The molecular formula is C15H15ClN2O. The van der Waals surface area contributed by atoms with Gasteiger partial charge in [-0.25, -0.2) is 4.98 Å². The Morgan fingerprint density at radius 2 is 2.05 bits per heavy atom. The minimum absolute atomic E-state index is 0.238. The van der Waals surface area contributed by atoms with Crippen molar-refractivity contribution >= 4 is 17.3 Å². The lowest BCUT2D eigenvalue weighted by Gasteiger charge is -2.18. The number of hydrogen-bond donors (Lipinski definition) is 1. The Bertz CT molecular complexity index is 606. The van der Waals surface area contributed by atoms with Crippen molar-refractivity contribution in [3.05, 3.63) is 52.7 Å². The first-order valence-corrected chi connectivity index (χ1v) is 6.64. The Kier molecular flexibility index (Phi) is 2.86. The van der Waals surface area contributed by atoms with Gasteiger partial charge in [0.05, 0.1) is 11.9 Å². The van der Waals surface area contributed by atoms with Gasteiger partial charge in [-0.2, -0.15) is 0 Å². The van der Waals surface area contributed by atoms with E-state index in [1.165, 1.54) is 0 Å². The molecule has 4 heteroatoms. The fraction of sp³-hybridized carbons (Fsp3) is 0.267. The number of nitrogens with zero attached hydrogens (tertiary/aromatic N) is 1. The highest BCUT2D eigenvalue weighted by Crippen LogP contribution is 2.49. The van der Waals surface area contributed by atoms with Crippen molar-refractivity contribution < 1.29 is 4.74 Å². The Labute approximate surface area is 117 Å². The summed E-state index contributed by atoms with van der Waals surface area (Å²) in [6, 6.07) is 9.64. The number of hydrogen-bond acceptors (Lipinski definition) is 3. The van der Waals surface area contributed by atoms with Crippen LogP contribution < -0.4 is 10.5 Å². The van der Waals surface area contributed by atoms with Gasteiger partial charge in [0.25, 0.3) is 0 Å². The van der Waals surface area contributed by atoms with Gasteiger partial charge >= 0.3 is 0 Å². The van der Waals surface area contributed by atoms with E-state index in [2.05, 4.69) is 11.1 Å². The monoisotopic (exact) mass is 274 g/mol. The maximum atomic E-state index is 6.06. The minimum Gasteiger partial charge on any atom is -0.466 e. The van der Waals surface area contributed by atoms with Crippen LogP contribution in [0.4, 0.5) is 5.69 Å². The summed E-state index contributed by atoms with van der Waals surface area (Å²) < 4.78 is 6.04. The Balaban J connectivity index is 1.86. The van der Waals surface area contributed by atoms with Crippen molar-refractivity contribution in [3.8, 4) is 5.88 Å². The molecule has 0 unspecified atom stereocenters. The molecule has 1 aliphatic rings. The highest BCUT2D eigenvalue weighted by atomic mass is 35.5. The Morgan fingerprint density at radius 3 is 2.63 bits per heavy atom. The maximum Gasteiger partial charge on any atom is 0.214 e. The van der Waals surface area contributed by atoms with E-state index >= 15 is 0 Å². The van der Waals surface area contributed by atoms with Crippen molar-refractivity contribution in [2.45, 2.75) is 25.4 Å². The molecule has 1 aromatic carbocycles. The Morgan fingerprint density at radius 1 is 1.26 bits per heavy atom. The molecule has 0 bridgehead atoms. The third-order valence-corrected chi connectivity index (χ3v) is 3.87. The number of benzene rings is 1. The van der Waals surface area contributed by atoms with Gasteiger partial charge in [0.2, 0.25) is 5.88 Å². The molecule has 2 N–H and O–H groups in total. The zero-order valence-corrected chi connectivity index (χ0v) is 11.4. The molecule has 1 heterocycles. The second-order valence-corrected chi connectivity index (χ2v) is 5.40. The average molecular weight is 275 g/mol. The van der Waals surface area contributed by atoms with E-state index in [4.69, 9.17) is 22.1 Å². The van der Waals surface area contributed by atoms with Gasteiger partial charge in [0.15, 0.2) is 0 Å². The number of aromatic nitrogens is 1. The minimum atomic E-state index is -0.238. The first kappa shape index (κ1) is 12.3. The largest absolute Gasteiger partial charge is 0.466 e. The van der Waals surface area contributed by atoms with Crippen LogP contribution in [0.1, 0.15) is 24.0 Å². The van der Waals surface area contributed by atoms with Gasteiger partial charge in [-0.05, 0) is 43.0 Å². The molecule has 3 nitrogen and oxygen atoms in total. The zero-order chi connectivity index (χ0) is 13.5. The molecular weight excluding hydrogens is 260 g/mol. The molecule has 98 valence electrons. The lowest BCUT2D eigenvalue weighted by molar-refractivity contribution is 0.172. The first-order valence-electron chi connectivity index (χ1n) is 6.26. The fourth-order valence-electron chi connectivity index (χ4n) is 2.14. The number of nitrogen functional groups attached to an aromatic ring is 1. The van der Waals surface area contributed by atoms with Gasteiger partial charge in [-0.15, -0.1) is 0 Å². The van der Waals surface area contributed by atoms with E-state index < -0.39 is 0 Å². The zero-order valence-electron chi connectivity index (χ0n) is 10.7. The number of anilines is 1. The molecule has 0 saturated heterocycles. The quantitative estimate of drug-likeness (QED) is 0.928. The molecule has 3 rings (SSSR count). The van der Waals surface area contributed by atoms with Crippen LogP contribution in [0.15, 0.2) is 36.5 Å². The van der Waals surface area contributed by atoms with Crippen LogP contribution in [-0.4, -0.2) is 4.98 Å². The van der Waals surface area contributed by atoms with Crippen LogP contribution in [0.25, 0.3) is 0 Å². The lowest BCUT2D eigenvalue weighted by Crippen LogP contribution is -2.16. The molecule has 0 atom stereocenters. The van der Waals surface area contributed by atoms with E-state index in [-0.39, 0.29) is 5.60 Å². The summed E-state index contributed by atoms with van der Waals surface area (Å²) in [7, 11) is 0. The third-order valence-electron chi connectivity index (χ3n) is 3.45. The molecule has 1 aliphatic carbocycles. The molecule has 0 radical (unpaired) electrons. The molecule has 1 aromatic heterocycles. The molecule has 0 amide bonds. The standard InChI is InChI=1S/C15H15ClN2O/c1-10-8-11(2-4-13(10)16)15(6-7-15)19-14-5-3-12(17)9-18-14/h2-5,8-9H,6-7,17H2,1H3. The van der Waals surface area contributed by atoms with Crippen molar-refractivity contribution in [1.82, 2.24) is 4.98 Å². The van der Waals surface area contributed by atoms with Gasteiger partial charge in [0.1, 0.15) is 5.60 Å². The number of rotatable bonds is 3. The fourth-order valence-corrected chi connectivity index (χ4v) is 2.26. The predicted octanol–water partition coefficient (Wildman–Crippen LogP) is 3.69. The van der Waals surface area contributed by atoms with Crippen molar-refractivity contribution in [3.63, 3.8) is 0 Å². The van der Waals surface area contributed by atoms with Crippen LogP contribution in [0.2, 0.25) is 5.02 Å². The highest BCUT2D eigenvalue weighted by Gasteiger charge is 2.47. The smallest absolute Gasteiger partial charge is 0.214 e. The van der Waals surface area contributed by atoms with Gasteiger partial charge < -0.3 is 10.5 Å². The second-order valence-electron chi connectivity index (χ2n) is 4.99. The van der Waals surface area contributed by atoms with Crippen molar-refractivity contribution in [2.75, 3.05) is 5.73 Å². The molecule has 1 fully saturated rings. The summed E-state index contributed by atoms with van der Waals surface area (Å²) in [5, 5.41) is 0.783. The number of ether oxygens (including phenoxy) is 1. The molecule has 1 saturated carbocycles. The van der Waals surface area contributed by atoms with Crippen LogP contribution in [-0.2, 0) is 5.60 Å². The summed E-state index contributed by atoms with van der Waals surface area (Å²) in [6.07, 6.45) is 3.61. The van der Waals surface area contributed by atoms with Crippen LogP contribution in [0.3, 0.4) is 0 Å². The first-order chi connectivity index (χ1) is 9.09. The molecule has 0 spiro atoms. The van der Waals surface area contributed by atoms with Crippen LogP contribution >= 0.6 is 11.6 Å². The average Bonchev–Trinajstić information content (AvgIpc) is 3.16. The van der Waals surface area contributed by atoms with Gasteiger partial charge in [0, 0.05) is 11.1 Å². The van der Waals surface area contributed by atoms with Crippen LogP contribution in [0, 0.1) is 6.92 Å². The normalized spacial score (nSPS) is 16.1. The number of nitrogens with two attached hydrogens (primary N) is 1. The lowest BCUT2D eigenvalue weighted by atomic mass is 10.1.